The lowest BCUT2D eigenvalue weighted by Gasteiger charge is -2.23. The summed E-state index contributed by atoms with van der Waals surface area (Å²) in [6.45, 7) is 7.34. The molecule has 2 N–H and O–H groups in total. The molecule has 0 atom stereocenters. The molecule has 1 aromatic heterocycles. The van der Waals surface area contributed by atoms with Crippen LogP contribution in [0.3, 0.4) is 0 Å². The fraction of sp³-hybridized carbons (Fsp3) is 0.571. The van der Waals surface area contributed by atoms with E-state index in [1.165, 1.54) is 0 Å². The maximum atomic E-state index is 12.4. The number of hydrogen-bond acceptors (Lipinski definition) is 3. The summed E-state index contributed by atoms with van der Waals surface area (Å²) in [6, 6.07) is 3.57. The molecule has 0 aliphatic rings. The molecule has 0 unspecified atom stereocenters. The first-order valence-electron chi connectivity index (χ1n) is 6.60. The van der Waals surface area contributed by atoms with E-state index in [0.717, 1.165) is 12.2 Å². The Kier molecular flexibility index (Phi) is 6.02. The van der Waals surface area contributed by atoms with E-state index in [9.17, 15) is 4.79 Å². The highest BCUT2D eigenvalue weighted by atomic mass is 32.1. The van der Waals surface area contributed by atoms with Gasteiger partial charge in [0.05, 0.1) is 4.99 Å². The summed E-state index contributed by atoms with van der Waals surface area (Å²) in [5.74, 6) is 1.50. The number of carbonyl (C=O) groups is 1. The number of nitrogens with two attached hydrogens (primary N) is 1. The summed E-state index contributed by atoms with van der Waals surface area (Å²) in [5.41, 5.74) is 5.51. The minimum absolute atomic E-state index is 0.0929. The smallest absolute Gasteiger partial charge is 0.289 e. The third-order valence-corrected chi connectivity index (χ3v) is 2.93. The van der Waals surface area contributed by atoms with Gasteiger partial charge in [-0.15, -0.1) is 0 Å². The number of thiocarbonyl (C=S) groups is 1. The van der Waals surface area contributed by atoms with Crippen molar-refractivity contribution in [1.82, 2.24) is 4.90 Å². The van der Waals surface area contributed by atoms with Gasteiger partial charge in [0.2, 0.25) is 0 Å². The second-order valence-electron chi connectivity index (χ2n) is 4.98. The van der Waals surface area contributed by atoms with Crippen molar-refractivity contribution in [3.63, 3.8) is 0 Å². The molecular weight excluding hydrogens is 260 g/mol. The average molecular weight is 282 g/mol. The monoisotopic (exact) mass is 282 g/mol. The second-order valence-corrected chi connectivity index (χ2v) is 5.51. The van der Waals surface area contributed by atoms with Crippen molar-refractivity contribution in [1.29, 1.82) is 0 Å². The Balaban J connectivity index is 2.77. The van der Waals surface area contributed by atoms with Crippen LogP contribution < -0.4 is 5.73 Å². The van der Waals surface area contributed by atoms with Gasteiger partial charge in [-0.25, -0.2) is 0 Å². The summed E-state index contributed by atoms with van der Waals surface area (Å²) < 4.78 is 5.51. The van der Waals surface area contributed by atoms with Gasteiger partial charge in [-0.05, 0) is 18.1 Å². The van der Waals surface area contributed by atoms with Gasteiger partial charge in [0.25, 0.3) is 5.91 Å². The molecule has 0 bridgehead atoms. The first-order valence-corrected chi connectivity index (χ1v) is 7.01. The highest BCUT2D eigenvalue weighted by Gasteiger charge is 2.20. The molecule has 1 heterocycles. The molecule has 0 aliphatic carbocycles. The molecular formula is C14H22N2O2S. The molecule has 1 aromatic rings. The average Bonchev–Trinajstić information content (AvgIpc) is 2.81. The lowest BCUT2D eigenvalue weighted by Crippen LogP contribution is -2.36. The van der Waals surface area contributed by atoms with Crippen molar-refractivity contribution in [2.24, 2.45) is 11.7 Å². The Morgan fingerprint density at radius 2 is 2.16 bits per heavy atom. The van der Waals surface area contributed by atoms with Crippen LogP contribution >= 0.6 is 12.2 Å². The maximum Gasteiger partial charge on any atom is 0.289 e. The van der Waals surface area contributed by atoms with Crippen LogP contribution in [-0.2, 0) is 6.42 Å². The highest BCUT2D eigenvalue weighted by Crippen LogP contribution is 2.13. The van der Waals surface area contributed by atoms with Gasteiger partial charge in [-0.1, -0.05) is 33.0 Å². The van der Waals surface area contributed by atoms with E-state index in [1.807, 2.05) is 13.0 Å². The number of nitrogens with zero attached hydrogens (tertiary/aromatic N) is 1. The van der Waals surface area contributed by atoms with Crippen molar-refractivity contribution in [3.05, 3.63) is 23.7 Å². The van der Waals surface area contributed by atoms with E-state index < -0.39 is 0 Å². The lowest BCUT2D eigenvalue weighted by molar-refractivity contribution is 0.0707. The number of aryl methyl sites for hydroxylation is 1. The zero-order chi connectivity index (χ0) is 14.4. The van der Waals surface area contributed by atoms with E-state index in [-0.39, 0.29) is 5.91 Å². The molecule has 5 heteroatoms. The molecule has 19 heavy (non-hydrogen) atoms. The van der Waals surface area contributed by atoms with Crippen molar-refractivity contribution in [2.45, 2.75) is 33.6 Å². The Morgan fingerprint density at radius 3 is 2.63 bits per heavy atom. The topological polar surface area (TPSA) is 59.5 Å². The molecule has 0 aliphatic heterocycles. The van der Waals surface area contributed by atoms with E-state index in [0.29, 0.717) is 36.2 Å². The van der Waals surface area contributed by atoms with Gasteiger partial charge in [-0.2, -0.15) is 0 Å². The van der Waals surface area contributed by atoms with Crippen LogP contribution in [0.5, 0.6) is 0 Å². The van der Waals surface area contributed by atoms with Gasteiger partial charge in [0.1, 0.15) is 5.76 Å². The summed E-state index contributed by atoms with van der Waals surface area (Å²) in [4.78, 5) is 14.5. The van der Waals surface area contributed by atoms with Gasteiger partial charge >= 0.3 is 0 Å². The fourth-order valence-electron chi connectivity index (χ4n) is 1.80. The van der Waals surface area contributed by atoms with Crippen LogP contribution in [0, 0.1) is 5.92 Å². The zero-order valence-electron chi connectivity index (χ0n) is 11.8. The van der Waals surface area contributed by atoms with Crippen molar-refractivity contribution < 1.29 is 9.21 Å². The van der Waals surface area contributed by atoms with Gasteiger partial charge < -0.3 is 15.1 Å². The van der Waals surface area contributed by atoms with Crippen molar-refractivity contribution in [2.75, 3.05) is 13.1 Å². The minimum Gasteiger partial charge on any atom is -0.456 e. The molecule has 4 nitrogen and oxygen atoms in total. The van der Waals surface area contributed by atoms with Gasteiger partial charge in [-0.3, -0.25) is 4.79 Å². The Bertz CT molecular complexity index is 440. The summed E-state index contributed by atoms with van der Waals surface area (Å²) in [6.07, 6.45) is 1.32. The van der Waals surface area contributed by atoms with E-state index in [1.54, 1.807) is 11.0 Å². The van der Waals surface area contributed by atoms with Crippen LogP contribution in [-0.4, -0.2) is 28.9 Å². The normalized spacial score (nSPS) is 10.7. The number of rotatable bonds is 7. The summed E-state index contributed by atoms with van der Waals surface area (Å²) in [5, 5.41) is 0. The Morgan fingerprint density at radius 1 is 1.47 bits per heavy atom. The summed E-state index contributed by atoms with van der Waals surface area (Å²) in [7, 11) is 0. The molecule has 0 radical (unpaired) electrons. The quantitative estimate of drug-likeness (QED) is 0.781. The number of furan rings is 1. The first-order chi connectivity index (χ1) is 8.93. The number of amides is 1. The molecule has 0 saturated carbocycles. The Hall–Kier alpha value is -1.36. The van der Waals surface area contributed by atoms with E-state index in [2.05, 4.69) is 13.8 Å². The van der Waals surface area contributed by atoms with Crippen LogP contribution in [0.2, 0.25) is 0 Å². The SMILES string of the molecule is CCc1ccc(C(=O)N(CCC(N)=S)CC(C)C)o1. The third kappa shape index (κ3) is 5.03. The fourth-order valence-corrected chi connectivity index (χ4v) is 1.89. The molecule has 1 amide bonds. The zero-order valence-corrected chi connectivity index (χ0v) is 12.6. The van der Waals surface area contributed by atoms with Crippen molar-refractivity contribution >= 4 is 23.1 Å². The van der Waals surface area contributed by atoms with Gasteiger partial charge in [0, 0.05) is 25.9 Å². The lowest BCUT2D eigenvalue weighted by atomic mass is 10.2. The standard InChI is InChI=1S/C14H22N2O2S/c1-4-11-5-6-12(18-11)14(17)16(9-10(2)3)8-7-13(15)19/h5-6,10H,4,7-9H2,1-3H3,(H2,15,19). The van der Waals surface area contributed by atoms with E-state index in [4.69, 9.17) is 22.4 Å². The number of carbonyl (C=O) groups excluding carboxylic acids is 1. The third-order valence-electron chi connectivity index (χ3n) is 2.72. The van der Waals surface area contributed by atoms with Crippen LogP contribution in [0.4, 0.5) is 0 Å². The minimum atomic E-state index is -0.0929. The van der Waals surface area contributed by atoms with Crippen LogP contribution in [0.1, 0.15) is 43.5 Å². The van der Waals surface area contributed by atoms with E-state index >= 15 is 0 Å². The maximum absolute atomic E-state index is 12.4. The molecule has 0 fully saturated rings. The highest BCUT2D eigenvalue weighted by molar-refractivity contribution is 7.80. The largest absolute Gasteiger partial charge is 0.456 e. The number of hydrogen-bond donors (Lipinski definition) is 1. The first kappa shape index (κ1) is 15.7. The Labute approximate surface area is 119 Å². The van der Waals surface area contributed by atoms with Crippen molar-refractivity contribution in [3.8, 4) is 0 Å². The molecule has 0 spiro atoms. The molecule has 1 rings (SSSR count). The van der Waals surface area contributed by atoms with Gasteiger partial charge in [0.15, 0.2) is 5.76 Å². The molecule has 106 valence electrons. The molecule has 0 saturated heterocycles. The molecule has 0 aromatic carbocycles. The van der Waals surface area contributed by atoms with Crippen LogP contribution in [0.25, 0.3) is 0 Å². The predicted molar refractivity (Wildman–Crippen MR) is 80.2 cm³/mol. The predicted octanol–water partition coefficient (Wildman–Crippen LogP) is 2.62. The second kappa shape index (κ2) is 7.28. The van der Waals surface area contributed by atoms with Crippen LogP contribution in [0.15, 0.2) is 16.5 Å². The summed E-state index contributed by atoms with van der Waals surface area (Å²) >= 11 is 4.87.